The van der Waals surface area contributed by atoms with Crippen LogP contribution < -0.4 is 0 Å². The van der Waals surface area contributed by atoms with Crippen molar-refractivity contribution in [1.82, 2.24) is 4.90 Å². The molecular weight excluding hydrogens is 254 g/mol. The standard InChI is InChI=1S/C13H22ClNO3/c1-12(2,3)18-11(16)15-8-6-13(4,10-15)17-9-5-7-14/h5,7H,6,8-10H2,1-4H3/b7-5+. The van der Waals surface area contributed by atoms with Gasteiger partial charge >= 0.3 is 6.09 Å². The number of rotatable bonds is 3. The Morgan fingerprint density at radius 1 is 1.50 bits per heavy atom. The van der Waals surface area contributed by atoms with E-state index in [9.17, 15) is 4.79 Å². The van der Waals surface area contributed by atoms with Crippen molar-refractivity contribution >= 4 is 17.7 Å². The third-order valence-corrected chi connectivity index (χ3v) is 2.88. The Bertz CT molecular complexity index is 325. The lowest BCUT2D eigenvalue weighted by atomic mass is 10.1. The van der Waals surface area contributed by atoms with E-state index in [0.717, 1.165) is 6.42 Å². The van der Waals surface area contributed by atoms with Gasteiger partial charge in [-0.15, -0.1) is 0 Å². The summed E-state index contributed by atoms with van der Waals surface area (Å²) in [5.74, 6) is 0. The zero-order chi connectivity index (χ0) is 13.8. The van der Waals surface area contributed by atoms with Gasteiger partial charge in [0.1, 0.15) is 5.60 Å². The topological polar surface area (TPSA) is 38.8 Å². The molecule has 0 radical (unpaired) electrons. The minimum absolute atomic E-state index is 0.275. The molecular formula is C13H22ClNO3. The lowest BCUT2D eigenvalue weighted by Crippen LogP contribution is -2.39. The van der Waals surface area contributed by atoms with E-state index in [1.54, 1.807) is 11.0 Å². The van der Waals surface area contributed by atoms with Crippen LogP contribution in [0.25, 0.3) is 0 Å². The second-order valence-corrected chi connectivity index (χ2v) is 6.03. The fourth-order valence-corrected chi connectivity index (χ4v) is 1.89. The minimum atomic E-state index is -0.460. The second-order valence-electron chi connectivity index (χ2n) is 5.77. The summed E-state index contributed by atoms with van der Waals surface area (Å²) < 4.78 is 11.1. The molecule has 0 bridgehead atoms. The van der Waals surface area contributed by atoms with Crippen LogP contribution in [0, 0.1) is 0 Å². The number of carbonyl (C=O) groups is 1. The van der Waals surface area contributed by atoms with Gasteiger partial charge in [-0.1, -0.05) is 11.6 Å². The van der Waals surface area contributed by atoms with Gasteiger partial charge in [0.2, 0.25) is 0 Å². The van der Waals surface area contributed by atoms with Crippen LogP contribution >= 0.6 is 11.6 Å². The molecule has 0 N–H and O–H groups in total. The number of hydrogen-bond acceptors (Lipinski definition) is 3. The van der Waals surface area contributed by atoms with Crippen molar-refractivity contribution in [2.24, 2.45) is 0 Å². The highest BCUT2D eigenvalue weighted by Gasteiger charge is 2.38. The maximum atomic E-state index is 11.9. The molecule has 1 saturated heterocycles. The van der Waals surface area contributed by atoms with Crippen molar-refractivity contribution in [3.8, 4) is 0 Å². The molecule has 0 aromatic rings. The van der Waals surface area contributed by atoms with E-state index < -0.39 is 5.60 Å². The second kappa shape index (κ2) is 5.93. The van der Waals surface area contributed by atoms with Gasteiger partial charge in [0.05, 0.1) is 18.8 Å². The Morgan fingerprint density at radius 3 is 2.72 bits per heavy atom. The maximum Gasteiger partial charge on any atom is 0.410 e. The van der Waals surface area contributed by atoms with Crippen LogP contribution in [0.3, 0.4) is 0 Å². The molecule has 1 aliphatic heterocycles. The van der Waals surface area contributed by atoms with Gasteiger partial charge in [-0.2, -0.15) is 0 Å². The van der Waals surface area contributed by atoms with Crippen LogP contribution in [0.4, 0.5) is 4.79 Å². The van der Waals surface area contributed by atoms with Gasteiger partial charge < -0.3 is 14.4 Å². The first-order chi connectivity index (χ1) is 8.26. The van der Waals surface area contributed by atoms with Crippen LogP contribution in [0.1, 0.15) is 34.1 Å². The summed E-state index contributed by atoms with van der Waals surface area (Å²) in [6.45, 7) is 9.27. The average molecular weight is 276 g/mol. The van der Waals surface area contributed by atoms with Crippen molar-refractivity contribution in [3.63, 3.8) is 0 Å². The number of ether oxygens (including phenoxy) is 2. The monoisotopic (exact) mass is 275 g/mol. The van der Waals surface area contributed by atoms with E-state index >= 15 is 0 Å². The fourth-order valence-electron chi connectivity index (χ4n) is 1.82. The molecule has 0 aromatic carbocycles. The van der Waals surface area contributed by atoms with Gasteiger partial charge in [0.15, 0.2) is 0 Å². The van der Waals surface area contributed by atoms with E-state index in [-0.39, 0.29) is 11.7 Å². The number of halogens is 1. The first kappa shape index (κ1) is 15.3. The molecule has 104 valence electrons. The summed E-state index contributed by atoms with van der Waals surface area (Å²) in [7, 11) is 0. The van der Waals surface area contributed by atoms with Crippen molar-refractivity contribution in [3.05, 3.63) is 11.6 Å². The predicted octanol–water partition coefficient (Wildman–Crippen LogP) is 3.16. The zero-order valence-electron chi connectivity index (χ0n) is 11.5. The predicted molar refractivity (Wildman–Crippen MR) is 71.8 cm³/mol. The van der Waals surface area contributed by atoms with Crippen LogP contribution in [0.5, 0.6) is 0 Å². The van der Waals surface area contributed by atoms with Crippen molar-refractivity contribution in [1.29, 1.82) is 0 Å². The molecule has 1 unspecified atom stereocenters. The quantitative estimate of drug-likeness (QED) is 0.794. The van der Waals surface area contributed by atoms with E-state index in [1.807, 2.05) is 27.7 Å². The van der Waals surface area contributed by atoms with Crippen LogP contribution in [-0.4, -0.2) is 41.9 Å². The molecule has 4 nitrogen and oxygen atoms in total. The van der Waals surface area contributed by atoms with Gasteiger partial charge in [-0.05, 0) is 40.2 Å². The van der Waals surface area contributed by atoms with Crippen LogP contribution in [0.15, 0.2) is 11.6 Å². The molecule has 1 aliphatic rings. The summed E-state index contributed by atoms with van der Waals surface area (Å²) in [6, 6.07) is 0. The van der Waals surface area contributed by atoms with Crippen molar-refractivity contribution in [2.75, 3.05) is 19.7 Å². The Hall–Kier alpha value is -0.740. The Labute approximate surface area is 114 Å². The molecule has 0 aliphatic carbocycles. The smallest absolute Gasteiger partial charge is 0.410 e. The fraction of sp³-hybridized carbons (Fsp3) is 0.769. The van der Waals surface area contributed by atoms with Gasteiger partial charge in [0.25, 0.3) is 0 Å². The maximum absolute atomic E-state index is 11.9. The Kier molecular flexibility index (Phi) is 5.05. The normalized spacial score (nSPS) is 24.8. The highest BCUT2D eigenvalue weighted by molar-refractivity contribution is 6.25. The van der Waals surface area contributed by atoms with Crippen molar-refractivity contribution in [2.45, 2.75) is 45.3 Å². The van der Waals surface area contributed by atoms with Crippen LogP contribution in [-0.2, 0) is 9.47 Å². The largest absolute Gasteiger partial charge is 0.444 e. The van der Waals surface area contributed by atoms with Gasteiger partial charge in [-0.25, -0.2) is 4.79 Å². The zero-order valence-corrected chi connectivity index (χ0v) is 12.3. The van der Waals surface area contributed by atoms with E-state index in [2.05, 4.69) is 0 Å². The highest BCUT2D eigenvalue weighted by Crippen LogP contribution is 2.26. The summed E-state index contributed by atoms with van der Waals surface area (Å²) >= 11 is 5.44. The summed E-state index contributed by atoms with van der Waals surface area (Å²) in [6.07, 6.45) is 2.27. The first-order valence-electron chi connectivity index (χ1n) is 6.13. The molecule has 18 heavy (non-hydrogen) atoms. The molecule has 1 fully saturated rings. The number of carbonyl (C=O) groups excluding carboxylic acids is 1. The minimum Gasteiger partial charge on any atom is -0.444 e. The molecule has 1 rings (SSSR count). The number of likely N-dealkylation sites (tertiary alicyclic amines) is 1. The SMILES string of the molecule is CC(C)(C)OC(=O)N1CCC(C)(OC/C=C/Cl)C1. The number of hydrogen-bond donors (Lipinski definition) is 0. The highest BCUT2D eigenvalue weighted by atomic mass is 35.5. The lowest BCUT2D eigenvalue weighted by molar-refractivity contribution is -0.0138. The molecule has 5 heteroatoms. The number of amides is 1. The molecule has 1 heterocycles. The third kappa shape index (κ3) is 4.86. The third-order valence-electron chi connectivity index (χ3n) is 2.70. The Balaban J connectivity index is 2.47. The molecule has 0 saturated carbocycles. The van der Waals surface area contributed by atoms with Gasteiger partial charge in [0, 0.05) is 12.1 Å². The van der Waals surface area contributed by atoms with Crippen molar-refractivity contribution < 1.29 is 14.3 Å². The van der Waals surface area contributed by atoms with Gasteiger partial charge in [-0.3, -0.25) is 0 Å². The molecule has 0 aromatic heterocycles. The summed E-state index contributed by atoms with van der Waals surface area (Å²) in [4.78, 5) is 13.6. The summed E-state index contributed by atoms with van der Waals surface area (Å²) in [5, 5.41) is 0. The van der Waals surface area contributed by atoms with E-state index in [4.69, 9.17) is 21.1 Å². The van der Waals surface area contributed by atoms with E-state index in [0.29, 0.717) is 19.7 Å². The molecule has 1 amide bonds. The lowest BCUT2D eigenvalue weighted by Gasteiger charge is -2.27. The average Bonchev–Trinajstić information content (AvgIpc) is 2.59. The first-order valence-corrected chi connectivity index (χ1v) is 6.56. The molecule has 0 spiro atoms. The summed E-state index contributed by atoms with van der Waals surface area (Å²) in [5.41, 5.74) is 0.662. The van der Waals surface area contributed by atoms with Crippen LogP contribution in [0.2, 0.25) is 0 Å². The van der Waals surface area contributed by atoms with E-state index in [1.165, 1.54) is 5.54 Å². The molecule has 1 atom stereocenters. The Morgan fingerprint density at radius 2 is 2.17 bits per heavy atom. The number of nitrogens with zero attached hydrogens (tertiary/aromatic N) is 1.